The van der Waals surface area contributed by atoms with Gasteiger partial charge in [0.15, 0.2) is 0 Å². The molecule has 0 aliphatic heterocycles. The van der Waals surface area contributed by atoms with E-state index in [1.807, 2.05) is 18.4 Å². The molecule has 0 spiro atoms. The van der Waals surface area contributed by atoms with Gasteiger partial charge in [0, 0.05) is 16.8 Å². The van der Waals surface area contributed by atoms with Crippen molar-refractivity contribution >= 4 is 11.3 Å². The van der Waals surface area contributed by atoms with Crippen LogP contribution in [0.1, 0.15) is 47.8 Å². The molecule has 1 saturated carbocycles. The molecule has 2 nitrogen and oxygen atoms in total. The fourth-order valence-electron chi connectivity index (χ4n) is 2.94. The number of hydrogen-bond acceptors (Lipinski definition) is 3. The molecule has 0 saturated heterocycles. The molecule has 1 aliphatic carbocycles. The van der Waals surface area contributed by atoms with Gasteiger partial charge in [0.2, 0.25) is 0 Å². The number of benzene rings is 1. The van der Waals surface area contributed by atoms with Crippen molar-refractivity contribution in [1.29, 1.82) is 0 Å². The Kier molecular flexibility index (Phi) is 4.14. The second kappa shape index (κ2) is 5.90. The van der Waals surface area contributed by atoms with Gasteiger partial charge >= 0.3 is 0 Å². The van der Waals surface area contributed by atoms with E-state index in [4.69, 9.17) is 4.98 Å². The summed E-state index contributed by atoms with van der Waals surface area (Å²) in [6.45, 7) is 5.48. The van der Waals surface area contributed by atoms with Gasteiger partial charge in [-0.3, -0.25) is 0 Å². The SMILES string of the molecule is CNCc1sc(C2(c3ccccc3)CC2)nc1CC(C)C. The van der Waals surface area contributed by atoms with E-state index in [2.05, 4.69) is 49.5 Å². The molecule has 1 fully saturated rings. The summed E-state index contributed by atoms with van der Waals surface area (Å²) < 4.78 is 0. The van der Waals surface area contributed by atoms with E-state index in [1.165, 1.54) is 34.0 Å². The van der Waals surface area contributed by atoms with Crippen LogP contribution < -0.4 is 5.32 Å². The van der Waals surface area contributed by atoms with Gasteiger partial charge in [-0.1, -0.05) is 44.2 Å². The highest BCUT2D eigenvalue weighted by molar-refractivity contribution is 7.12. The maximum Gasteiger partial charge on any atom is 0.104 e. The maximum absolute atomic E-state index is 5.06. The van der Waals surface area contributed by atoms with Crippen LogP contribution in [-0.4, -0.2) is 12.0 Å². The Morgan fingerprint density at radius 1 is 1.24 bits per heavy atom. The van der Waals surface area contributed by atoms with Gasteiger partial charge in [-0.25, -0.2) is 4.98 Å². The summed E-state index contributed by atoms with van der Waals surface area (Å²) in [6.07, 6.45) is 3.56. The van der Waals surface area contributed by atoms with Crippen LogP contribution in [0.2, 0.25) is 0 Å². The van der Waals surface area contributed by atoms with Crippen molar-refractivity contribution in [2.45, 2.75) is 45.1 Å². The van der Waals surface area contributed by atoms with Crippen molar-refractivity contribution in [3.8, 4) is 0 Å². The zero-order valence-corrected chi connectivity index (χ0v) is 14.0. The lowest BCUT2D eigenvalue weighted by atomic mass is 9.97. The topological polar surface area (TPSA) is 24.9 Å². The van der Waals surface area contributed by atoms with Crippen LogP contribution in [0.3, 0.4) is 0 Å². The van der Waals surface area contributed by atoms with Gasteiger partial charge in [0.1, 0.15) is 5.01 Å². The van der Waals surface area contributed by atoms with E-state index in [0.29, 0.717) is 5.92 Å². The third kappa shape index (κ3) is 2.90. The first kappa shape index (κ1) is 14.7. The Bertz CT molecular complexity index is 597. The van der Waals surface area contributed by atoms with Crippen LogP contribution in [0.15, 0.2) is 30.3 Å². The van der Waals surface area contributed by atoms with Crippen molar-refractivity contribution in [1.82, 2.24) is 10.3 Å². The summed E-state index contributed by atoms with van der Waals surface area (Å²) in [5, 5.41) is 4.62. The van der Waals surface area contributed by atoms with Crippen molar-refractivity contribution in [3.05, 3.63) is 51.5 Å². The first-order valence-corrected chi connectivity index (χ1v) is 8.66. The largest absolute Gasteiger partial charge is 0.315 e. The number of nitrogens with zero attached hydrogens (tertiary/aromatic N) is 1. The maximum atomic E-state index is 5.06. The van der Waals surface area contributed by atoms with E-state index in [1.54, 1.807) is 0 Å². The minimum atomic E-state index is 0.212. The van der Waals surface area contributed by atoms with Crippen molar-refractivity contribution in [2.75, 3.05) is 7.05 Å². The molecule has 0 radical (unpaired) electrons. The summed E-state index contributed by atoms with van der Waals surface area (Å²) in [6, 6.07) is 10.9. The Morgan fingerprint density at radius 3 is 2.52 bits per heavy atom. The van der Waals surface area contributed by atoms with Crippen LogP contribution in [0.25, 0.3) is 0 Å². The van der Waals surface area contributed by atoms with E-state index in [0.717, 1.165) is 13.0 Å². The van der Waals surface area contributed by atoms with Crippen molar-refractivity contribution < 1.29 is 0 Å². The quantitative estimate of drug-likeness (QED) is 0.867. The summed E-state index contributed by atoms with van der Waals surface area (Å²) in [4.78, 5) is 6.48. The van der Waals surface area contributed by atoms with Gasteiger partial charge < -0.3 is 5.32 Å². The zero-order valence-electron chi connectivity index (χ0n) is 13.1. The highest BCUT2D eigenvalue weighted by atomic mass is 32.1. The highest BCUT2D eigenvalue weighted by Gasteiger charge is 2.48. The Labute approximate surface area is 131 Å². The van der Waals surface area contributed by atoms with E-state index >= 15 is 0 Å². The highest BCUT2D eigenvalue weighted by Crippen LogP contribution is 2.54. The fraction of sp³-hybridized carbons (Fsp3) is 0.500. The predicted molar refractivity (Wildman–Crippen MR) is 89.9 cm³/mol. The molecule has 0 amide bonds. The Morgan fingerprint density at radius 2 is 1.95 bits per heavy atom. The molecule has 0 atom stereocenters. The number of aromatic nitrogens is 1. The molecule has 21 heavy (non-hydrogen) atoms. The summed E-state index contributed by atoms with van der Waals surface area (Å²) in [5.41, 5.74) is 2.95. The normalized spacial score (nSPS) is 16.4. The second-order valence-corrected chi connectivity index (χ2v) is 7.55. The standard InChI is InChI=1S/C18H24N2S/c1-13(2)11-15-16(12-19-3)21-17(20-15)18(9-10-18)14-7-5-4-6-8-14/h4-8,13,19H,9-12H2,1-3H3. The molecule has 2 aromatic rings. The molecule has 1 aromatic carbocycles. The molecular weight excluding hydrogens is 276 g/mol. The van der Waals surface area contributed by atoms with Gasteiger partial charge in [0.05, 0.1) is 5.69 Å². The smallest absolute Gasteiger partial charge is 0.104 e. The lowest BCUT2D eigenvalue weighted by Crippen LogP contribution is -2.08. The summed E-state index contributed by atoms with van der Waals surface area (Å²) >= 11 is 1.92. The van der Waals surface area contributed by atoms with E-state index < -0.39 is 0 Å². The van der Waals surface area contributed by atoms with Crippen LogP contribution in [-0.2, 0) is 18.4 Å². The molecule has 3 heteroatoms. The van der Waals surface area contributed by atoms with E-state index in [9.17, 15) is 0 Å². The number of nitrogens with one attached hydrogen (secondary N) is 1. The molecule has 0 bridgehead atoms. The number of hydrogen-bond donors (Lipinski definition) is 1. The Balaban J connectivity index is 1.95. The predicted octanol–water partition coefficient (Wildman–Crippen LogP) is 4.14. The van der Waals surface area contributed by atoms with Crippen LogP contribution in [0.5, 0.6) is 0 Å². The lowest BCUT2D eigenvalue weighted by molar-refractivity contribution is 0.627. The first-order chi connectivity index (χ1) is 10.2. The average Bonchev–Trinajstić information content (AvgIpc) is 3.19. The molecule has 1 N–H and O–H groups in total. The van der Waals surface area contributed by atoms with Gasteiger partial charge in [-0.05, 0) is 37.8 Å². The summed E-state index contributed by atoms with van der Waals surface area (Å²) in [7, 11) is 2.02. The first-order valence-electron chi connectivity index (χ1n) is 7.85. The number of rotatable bonds is 6. The molecular formula is C18H24N2S. The fourth-order valence-corrected chi connectivity index (χ4v) is 4.31. The van der Waals surface area contributed by atoms with Crippen LogP contribution >= 0.6 is 11.3 Å². The Hall–Kier alpha value is -1.19. The average molecular weight is 300 g/mol. The minimum absolute atomic E-state index is 0.212. The van der Waals surface area contributed by atoms with Crippen molar-refractivity contribution in [3.63, 3.8) is 0 Å². The van der Waals surface area contributed by atoms with Crippen LogP contribution in [0.4, 0.5) is 0 Å². The minimum Gasteiger partial charge on any atom is -0.315 e. The third-order valence-electron chi connectivity index (χ3n) is 4.20. The summed E-state index contributed by atoms with van der Waals surface area (Å²) in [5.74, 6) is 0.655. The third-order valence-corrected chi connectivity index (χ3v) is 5.50. The van der Waals surface area contributed by atoms with Gasteiger partial charge in [-0.15, -0.1) is 11.3 Å². The van der Waals surface area contributed by atoms with E-state index in [-0.39, 0.29) is 5.41 Å². The monoisotopic (exact) mass is 300 g/mol. The molecule has 3 rings (SSSR count). The lowest BCUT2D eigenvalue weighted by Gasteiger charge is -2.12. The molecule has 1 aromatic heterocycles. The van der Waals surface area contributed by atoms with Gasteiger partial charge in [0.25, 0.3) is 0 Å². The van der Waals surface area contributed by atoms with Crippen molar-refractivity contribution in [2.24, 2.45) is 5.92 Å². The molecule has 0 unspecified atom stereocenters. The molecule has 112 valence electrons. The zero-order chi connectivity index (χ0) is 14.9. The number of thiazole rings is 1. The van der Waals surface area contributed by atoms with Crippen LogP contribution in [0, 0.1) is 5.92 Å². The molecule has 1 aliphatic rings. The second-order valence-electron chi connectivity index (χ2n) is 6.47. The van der Waals surface area contributed by atoms with Gasteiger partial charge in [-0.2, -0.15) is 0 Å². The molecule has 1 heterocycles.